The van der Waals surface area contributed by atoms with Crippen LogP contribution in [0.5, 0.6) is 5.75 Å². The highest BCUT2D eigenvalue weighted by Gasteiger charge is 2.42. The molecule has 2 aliphatic carbocycles. The average molecular weight is 372 g/mol. The molecule has 1 aromatic carbocycles. The maximum absolute atomic E-state index is 13.8. The zero-order valence-electron chi connectivity index (χ0n) is 15.6. The Bertz CT molecular complexity index is 852. The number of amides is 1. The van der Waals surface area contributed by atoms with Crippen molar-refractivity contribution in [1.29, 1.82) is 0 Å². The number of halogens is 1. The van der Waals surface area contributed by atoms with Crippen molar-refractivity contribution >= 4 is 16.8 Å². The number of carbonyl (C=O) groups excluding carboxylic acids is 1. The van der Waals surface area contributed by atoms with Gasteiger partial charge in [-0.25, -0.2) is 4.39 Å². The number of aliphatic hydroxyl groups is 1. The highest BCUT2D eigenvalue weighted by atomic mass is 19.1. The monoisotopic (exact) mass is 372 g/mol. The van der Waals surface area contributed by atoms with Gasteiger partial charge in [0.25, 0.3) is 0 Å². The number of benzene rings is 1. The Morgan fingerprint density at radius 1 is 1.30 bits per heavy atom. The zero-order chi connectivity index (χ0) is 19.2. The molecule has 0 atom stereocenters. The number of nitrogens with one attached hydrogen (secondary N) is 1. The summed E-state index contributed by atoms with van der Waals surface area (Å²) >= 11 is 0. The fraction of sp³-hybridized carbons (Fsp3) is 0.524. The number of pyridine rings is 1. The molecule has 2 aliphatic rings. The van der Waals surface area contributed by atoms with Crippen molar-refractivity contribution in [3.8, 4) is 5.75 Å². The van der Waals surface area contributed by atoms with Crippen molar-refractivity contribution < 1.29 is 19.0 Å². The summed E-state index contributed by atoms with van der Waals surface area (Å²) in [6.07, 6.45) is 4.45. The van der Waals surface area contributed by atoms with Gasteiger partial charge >= 0.3 is 0 Å². The van der Waals surface area contributed by atoms with E-state index in [2.05, 4.69) is 10.3 Å². The Kier molecular flexibility index (Phi) is 4.54. The first-order valence-electron chi connectivity index (χ1n) is 9.53. The predicted molar refractivity (Wildman–Crippen MR) is 99.8 cm³/mol. The van der Waals surface area contributed by atoms with Gasteiger partial charge in [0.15, 0.2) is 0 Å². The summed E-state index contributed by atoms with van der Waals surface area (Å²) in [4.78, 5) is 16.6. The molecule has 144 valence electrons. The molecule has 0 unspecified atom stereocenters. The minimum Gasteiger partial charge on any atom is -0.488 e. The van der Waals surface area contributed by atoms with E-state index in [9.17, 15) is 14.3 Å². The summed E-state index contributed by atoms with van der Waals surface area (Å²) in [6.45, 7) is 3.63. The first-order chi connectivity index (χ1) is 12.8. The molecule has 4 rings (SSSR count). The van der Waals surface area contributed by atoms with Crippen LogP contribution in [0.2, 0.25) is 0 Å². The Morgan fingerprint density at radius 2 is 2.04 bits per heavy atom. The lowest BCUT2D eigenvalue weighted by Crippen LogP contribution is -2.54. The summed E-state index contributed by atoms with van der Waals surface area (Å²) < 4.78 is 19.7. The van der Waals surface area contributed by atoms with Gasteiger partial charge in [0.05, 0.1) is 5.60 Å². The van der Waals surface area contributed by atoms with Gasteiger partial charge in [-0.05, 0) is 57.6 Å². The number of rotatable bonds is 5. The largest absolute Gasteiger partial charge is 0.488 e. The summed E-state index contributed by atoms with van der Waals surface area (Å²) in [7, 11) is 0. The second-order valence-electron chi connectivity index (χ2n) is 8.41. The summed E-state index contributed by atoms with van der Waals surface area (Å²) in [5.41, 5.74) is -0.0442. The summed E-state index contributed by atoms with van der Waals surface area (Å²) in [6, 6.07) is 6.51. The SMILES string of the molecule is CC(C)(O)C1CC(NC(=O)C2CC(Oc3cc(F)cc4cccnc34)C2)C1. The van der Waals surface area contributed by atoms with E-state index in [1.165, 1.54) is 12.1 Å². The molecule has 0 saturated heterocycles. The van der Waals surface area contributed by atoms with Crippen molar-refractivity contribution in [2.45, 2.75) is 57.3 Å². The number of fused-ring (bicyclic) bond motifs is 1. The highest BCUT2D eigenvalue weighted by molar-refractivity contribution is 5.84. The van der Waals surface area contributed by atoms with E-state index in [1.54, 1.807) is 18.3 Å². The third kappa shape index (κ3) is 3.76. The van der Waals surface area contributed by atoms with E-state index in [1.807, 2.05) is 13.8 Å². The van der Waals surface area contributed by atoms with Crippen LogP contribution in [-0.4, -0.2) is 33.7 Å². The fourth-order valence-electron chi connectivity index (χ4n) is 3.90. The standard InChI is InChI=1S/C21H25FN2O3/c1-21(2,26)14-9-16(10-14)24-20(25)13-7-17(8-13)27-18-11-15(22)6-12-4-3-5-23-19(12)18/h3-6,11,13-14,16-17,26H,7-10H2,1-2H3,(H,24,25). The van der Waals surface area contributed by atoms with Crippen LogP contribution in [0.25, 0.3) is 10.9 Å². The Morgan fingerprint density at radius 3 is 2.74 bits per heavy atom. The van der Waals surface area contributed by atoms with Crippen LogP contribution in [0.1, 0.15) is 39.5 Å². The van der Waals surface area contributed by atoms with Gasteiger partial charge in [0.1, 0.15) is 23.2 Å². The second-order valence-corrected chi connectivity index (χ2v) is 8.41. The molecule has 2 saturated carbocycles. The van der Waals surface area contributed by atoms with Gasteiger partial charge in [0.2, 0.25) is 5.91 Å². The van der Waals surface area contributed by atoms with Crippen molar-refractivity contribution in [2.24, 2.45) is 11.8 Å². The quantitative estimate of drug-likeness (QED) is 0.846. The fourth-order valence-corrected chi connectivity index (χ4v) is 3.90. The Hall–Kier alpha value is -2.21. The molecule has 2 fully saturated rings. The maximum Gasteiger partial charge on any atom is 0.223 e. The molecule has 1 aromatic heterocycles. The predicted octanol–water partition coefficient (Wildman–Crippen LogP) is 3.20. The molecule has 6 heteroatoms. The summed E-state index contributed by atoms with van der Waals surface area (Å²) in [5, 5.41) is 13.7. The lowest BCUT2D eigenvalue weighted by molar-refractivity contribution is -0.133. The second kappa shape index (κ2) is 6.75. The number of aromatic nitrogens is 1. The van der Waals surface area contributed by atoms with Crippen LogP contribution in [0, 0.1) is 17.7 Å². The minimum atomic E-state index is -0.682. The molecule has 1 heterocycles. The lowest BCUT2D eigenvalue weighted by Gasteiger charge is -2.44. The van der Waals surface area contributed by atoms with E-state index in [0.717, 1.165) is 12.8 Å². The van der Waals surface area contributed by atoms with Crippen LogP contribution in [0.4, 0.5) is 4.39 Å². The van der Waals surface area contributed by atoms with Crippen LogP contribution in [-0.2, 0) is 4.79 Å². The van der Waals surface area contributed by atoms with Gasteiger partial charge in [-0.15, -0.1) is 0 Å². The molecular weight excluding hydrogens is 347 g/mol. The van der Waals surface area contributed by atoms with Gasteiger partial charge in [-0.2, -0.15) is 0 Å². The number of nitrogens with zero attached hydrogens (tertiary/aromatic N) is 1. The first kappa shape index (κ1) is 18.2. The number of carbonyl (C=O) groups is 1. The van der Waals surface area contributed by atoms with Crippen LogP contribution in [0.15, 0.2) is 30.5 Å². The number of ether oxygens (including phenoxy) is 1. The van der Waals surface area contributed by atoms with Crippen molar-refractivity contribution in [3.63, 3.8) is 0 Å². The molecule has 27 heavy (non-hydrogen) atoms. The van der Waals surface area contributed by atoms with Crippen LogP contribution < -0.4 is 10.1 Å². The van der Waals surface area contributed by atoms with Crippen molar-refractivity contribution in [3.05, 3.63) is 36.3 Å². The van der Waals surface area contributed by atoms with Crippen LogP contribution in [0.3, 0.4) is 0 Å². The van der Waals surface area contributed by atoms with Gasteiger partial charge in [0, 0.05) is 29.6 Å². The molecule has 2 N–H and O–H groups in total. The van der Waals surface area contributed by atoms with E-state index in [0.29, 0.717) is 29.5 Å². The molecule has 0 aliphatic heterocycles. The normalized spacial score (nSPS) is 27.6. The maximum atomic E-state index is 13.8. The third-order valence-corrected chi connectivity index (χ3v) is 5.88. The van der Waals surface area contributed by atoms with Crippen molar-refractivity contribution in [1.82, 2.24) is 10.3 Å². The zero-order valence-corrected chi connectivity index (χ0v) is 15.6. The average Bonchev–Trinajstić information content (AvgIpc) is 2.51. The number of hydrogen-bond donors (Lipinski definition) is 2. The molecule has 0 spiro atoms. The Labute approximate surface area is 157 Å². The molecule has 5 nitrogen and oxygen atoms in total. The Balaban J connectivity index is 1.29. The van der Waals surface area contributed by atoms with E-state index >= 15 is 0 Å². The van der Waals surface area contributed by atoms with Gasteiger partial charge in [-0.1, -0.05) is 6.07 Å². The first-order valence-corrected chi connectivity index (χ1v) is 9.53. The van der Waals surface area contributed by atoms with E-state index < -0.39 is 5.60 Å². The van der Waals surface area contributed by atoms with Crippen LogP contribution >= 0.6 is 0 Å². The van der Waals surface area contributed by atoms with E-state index in [4.69, 9.17) is 4.74 Å². The number of hydrogen-bond acceptors (Lipinski definition) is 4. The molecule has 0 bridgehead atoms. The van der Waals surface area contributed by atoms with Crippen molar-refractivity contribution in [2.75, 3.05) is 0 Å². The van der Waals surface area contributed by atoms with Gasteiger partial charge < -0.3 is 15.2 Å². The molecule has 0 radical (unpaired) electrons. The molecular formula is C21H25FN2O3. The topological polar surface area (TPSA) is 71.5 Å². The van der Waals surface area contributed by atoms with E-state index in [-0.39, 0.29) is 35.7 Å². The van der Waals surface area contributed by atoms with Gasteiger partial charge in [-0.3, -0.25) is 9.78 Å². The lowest BCUT2D eigenvalue weighted by atomic mass is 9.71. The third-order valence-electron chi connectivity index (χ3n) is 5.88. The molecule has 2 aromatic rings. The highest BCUT2D eigenvalue weighted by Crippen LogP contribution is 2.38. The molecule has 1 amide bonds. The minimum absolute atomic E-state index is 0.0521. The smallest absolute Gasteiger partial charge is 0.223 e. The summed E-state index contributed by atoms with van der Waals surface area (Å²) in [5.74, 6) is 0.307.